The highest BCUT2D eigenvalue weighted by Crippen LogP contribution is 2.64. The quantitative estimate of drug-likeness (QED) is 0.117. The van der Waals surface area contributed by atoms with Gasteiger partial charge in [-0.05, 0) is 0 Å². The second-order valence-electron chi connectivity index (χ2n) is 7.91. The Kier molecular flexibility index (Phi) is 13.6. The topological polar surface area (TPSA) is 54.0 Å². The van der Waals surface area contributed by atoms with Gasteiger partial charge in [0.1, 0.15) is 6.61 Å². The monoisotopic (exact) mass is 666 g/mol. The van der Waals surface area contributed by atoms with E-state index in [0.717, 1.165) is 0 Å². The van der Waals surface area contributed by atoms with Gasteiger partial charge in [-0.2, -0.15) is 70.2 Å². The number of hydrogen-bond acceptors (Lipinski definition) is 6. The lowest BCUT2D eigenvalue weighted by Crippen LogP contribution is -2.75. The van der Waals surface area contributed by atoms with Crippen molar-refractivity contribution in [2.75, 3.05) is 59.1 Å². The molecule has 0 saturated heterocycles. The fraction of sp³-hybridized carbons (Fsp3) is 0.947. The number of rotatable bonds is 20. The largest absolute Gasteiger partial charge is 0.385 e. The predicted octanol–water partition coefficient (Wildman–Crippen LogP) is 6.04. The second-order valence-corrected chi connectivity index (χ2v) is 9.06. The van der Waals surface area contributed by atoms with E-state index in [9.17, 15) is 75.0 Å². The minimum Gasteiger partial charge on any atom is -0.382 e. The van der Waals surface area contributed by atoms with E-state index < -0.39 is 89.8 Å². The molecule has 0 aromatic heterocycles. The molecule has 0 bridgehead atoms. The van der Waals surface area contributed by atoms with Crippen LogP contribution in [0.2, 0.25) is 0 Å². The number of thioether (sulfide) groups is 1. The molecule has 0 aliphatic carbocycles. The fourth-order valence-corrected chi connectivity index (χ4v) is 2.97. The standard InChI is InChI=1S/C19H22F16O5S/c1-11(36)41-10-13(22,23)15(26,27)17(30,31)19(34,35)18(32,33)16(28,29)14(24,25)12(20,21)9-40-8-7-39-6-5-38-4-3-37-2/h3-10H2,1-2H3. The zero-order valence-corrected chi connectivity index (χ0v) is 21.5. The van der Waals surface area contributed by atoms with Crippen LogP contribution in [0, 0.1) is 0 Å². The Morgan fingerprint density at radius 1 is 0.512 bits per heavy atom. The van der Waals surface area contributed by atoms with E-state index in [2.05, 4.69) is 14.2 Å². The van der Waals surface area contributed by atoms with Gasteiger partial charge in [-0.15, -0.1) is 0 Å². The fourth-order valence-electron chi connectivity index (χ4n) is 2.40. The Morgan fingerprint density at radius 3 is 1.20 bits per heavy atom. The molecule has 0 rings (SSSR count). The molecule has 0 spiro atoms. The van der Waals surface area contributed by atoms with E-state index >= 15 is 0 Å². The first-order valence-electron chi connectivity index (χ1n) is 10.6. The van der Waals surface area contributed by atoms with Gasteiger partial charge in [0.25, 0.3) is 0 Å². The second kappa shape index (κ2) is 14.0. The molecule has 0 unspecified atom stereocenters. The average Bonchev–Trinajstić information content (AvgIpc) is 2.83. The lowest BCUT2D eigenvalue weighted by Gasteiger charge is -2.43. The molecule has 0 heterocycles. The SMILES string of the molecule is COCCOCCOCCOCC(F)(F)C(F)(F)C(F)(F)C(F)(F)C(F)(F)C(F)(F)C(F)(F)C(F)(F)CSC(C)=O. The van der Waals surface area contributed by atoms with E-state index in [0.29, 0.717) is 6.92 Å². The van der Waals surface area contributed by atoms with Crippen LogP contribution in [0.5, 0.6) is 0 Å². The van der Waals surface area contributed by atoms with Gasteiger partial charge in [-0.25, -0.2) is 0 Å². The predicted molar refractivity (Wildman–Crippen MR) is 107 cm³/mol. The summed E-state index contributed by atoms with van der Waals surface area (Å²) in [5.41, 5.74) is 0. The molecule has 5 nitrogen and oxygen atoms in total. The zero-order valence-electron chi connectivity index (χ0n) is 20.7. The third kappa shape index (κ3) is 8.02. The Morgan fingerprint density at radius 2 is 0.829 bits per heavy atom. The highest BCUT2D eigenvalue weighted by molar-refractivity contribution is 8.13. The van der Waals surface area contributed by atoms with Gasteiger partial charge in [-0.1, -0.05) is 11.8 Å². The summed E-state index contributed by atoms with van der Waals surface area (Å²) in [7, 11) is 1.34. The molecule has 0 aromatic rings. The number of halogens is 16. The van der Waals surface area contributed by atoms with Crippen LogP contribution in [0.25, 0.3) is 0 Å². The molecule has 41 heavy (non-hydrogen) atoms. The van der Waals surface area contributed by atoms with Crippen LogP contribution >= 0.6 is 11.8 Å². The summed E-state index contributed by atoms with van der Waals surface area (Å²) in [6.45, 7) is -4.49. The van der Waals surface area contributed by atoms with Crippen LogP contribution in [0.1, 0.15) is 6.92 Å². The van der Waals surface area contributed by atoms with E-state index in [1.54, 1.807) is 0 Å². The molecule has 0 amide bonds. The molecule has 0 radical (unpaired) electrons. The molecule has 0 aliphatic rings. The van der Waals surface area contributed by atoms with Crippen LogP contribution in [-0.4, -0.2) is 112 Å². The van der Waals surface area contributed by atoms with Gasteiger partial charge in [0.05, 0.1) is 45.4 Å². The zero-order chi connectivity index (χ0) is 32.8. The first kappa shape index (κ1) is 39.7. The number of methoxy groups -OCH3 is 1. The molecule has 0 fully saturated rings. The van der Waals surface area contributed by atoms with E-state index in [4.69, 9.17) is 4.74 Å². The van der Waals surface area contributed by atoms with Crippen molar-refractivity contribution >= 4 is 16.9 Å². The summed E-state index contributed by atoms with van der Waals surface area (Å²) < 4.78 is 238. The van der Waals surface area contributed by atoms with Crippen LogP contribution in [0.3, 0.4) is 0 Å². The molecule has 246 valence electrons. The van der Waals surface area contributed by atoms with Gasteiger partial charge in [0.15, 0.2) is 5.12 Å². The molecular formula is C19H22F16O5S. The Balaban J connectivity index is 5.80. The molecule has 0 saturated carbocycles. The van der Waals surface area contributed by atoms with Gasteiger partial charge in [-0.3, -0.25) is 4.79 Å². The number of carbonyl (C=O) groups excluding carboxylic acids is 1. The number of ether oxygens (including phenoxy) is 4. The summed E-state index contributed by atoms with van der Waals surface area (Å²) >= 11 is -0.906. The first-order valence-corrected chi connectivity index (χ1v) is 11.6. The summed E-state index contributed by atoms with van der Waals surface area (Å²) in [6.07, 6.45) is 0. The molecule has 0 N–H and O–H groups in total. The lowest BCUT2D eigenvalue weighted by molar-refractivity contribution is -0.453. The summed E-state index contributed by atoms with van der Waals surface area (Å²) in [5, 5.41) is -1.50. The van der Waals surface area contributed by atoms with Crippen molar-refractivity contribution in [3.8, 4) is 0 Å². The van der Waals surface area contributed by atoms with E-state index in [1.807, 2.05) is 0 Å². The van der Waals surface area contributed by atoms with Crippen LogP contribution in [0.4, 0.5) is 70.2 Å². The van der Waals surface area contributed by atoms with Gasteiger partial charge >= 0.3 is 47.4 Å². The maximum absolute atomic E-state index is 13.9. The van der Waals surface area contributed by atoms with Crippen molar-refractivity contribution in [2.24, 2.45) is 0 Å². The Hall–Kier alpha value is -1.26. The highest BCUT2D eigenvalue weighted by Gasteiger charge is 2.94. The maximum atomic E-state index is 13.9. The third-order valence-electron chi connectivity index (χ3n) is 4.81. The maximum Gasteiger partial charge on any atom is 0.385 e. The summed E-state index contributed by atoms with van der Waals surface area (Å²) in [4.78, 5) is 10.6. The van der Waals surface area contributed by atoms with Crippen molar-refractivity contribution in [1.29, 1.82) is 0 Å². The minimum absolute atomic E-state index is 0.0977. The number of carbonyl (C=O) groups is 1. The van der Waals surface area contributed by atoms with E-state index in [-0.39, 0.29) is 26.4 Å². The van der Waals surface area contributed by atoms with Crippen LogP contribution in [-0.2, 0) is 23.7 Å². The Bertz CT molecular complexity index is 840. The van der Waals surface area contributed by atoms with Crippen molar-refractivity contribution in [2.45, 2.75) is 54.3 Å². The van der Waals surface area contributed by atoms with Gasteiger partial charge < -0.3 is 18.9 Å². The van der Waals surface area contributed by atoms with Gasteiger partial charge in [0, 0.05) is 14.0 Å². The molecule has 0 atom stereocenters. The molecule has 0 aliphatic heterocycles. The molecule has 0 aromatic carbocycles. The van der Waals surface area contributed by atoms with Gasteiger partial charge in [0.2, 0.25) is 0 Å². The van der Waals surface area contributed by atoms with Crippen LogP contribution < -0.4 is 0 Å². The summed E-state index contributed by atoms with van der Waals surface area (Å²) in [6, 6.07) is 0. The number of hydrogen-bond donors (Lipinski definition) is 0. The molecule has 22 heteroatoms. The highest BCUT2D eigenvalue weighted by atomic mass is 32.2. The van der Waals surface area contributed by atoms with E-state index in [1.165, 1.54) is 7.11 Å². The smallest absolute Gasteiger partial charge is 0.382 e. The minimum atomic E-state index is -8.52. The van der Waals surface area contributed by atoms with Crippen LogP contribution in [0.15, 0.2) is 0 Å². The van der Waals surface area contributed by atoms with Crippen molar-refractivity contribution in [3.05, 3.63) is 0 Å². The lowest BCUT2D eigenvalue weighted by atomic mass is 9.88. The van der Waals surface area contributed by atoms with Crippen molar-refractivity contribution in [3.63, 3.8) is 0 Å². The molecular weight excluding hydrogens is 644 g/mol. The first-order chi connectivity index (χ1) is 18.2. The average molecular weight is 666 g/mol. The van der Waals surface area contributed by atoms with Crippen molar-refractivity contribution in [1.82, 2.24) is 0 Å². The number of alkyl halides is 16. The normalized spacial score (nSPS) is 15.0. The third-order valence-corrected chi connectivity index (χ3v) is 5.72. The van der Waals surface area contributed by atoms with Crippen molar-refractivity contribution < 1.29 is 94.0 Å². The Labute approximate surface area is 225 Å². The summed E-state index contributed by atoms with van der Waals surface area (Å²) in [5.74, 6) is -64.9.